The summed E-state index contributed by atoms with van der Waals surface area (Å²) in [6.07, 6.45) is 0.530. The number of amides is 1. The lowest BCUT2D eigenvalue weighted by molar-refractivity contribution is -0.123. The van der Waals surface area contributed by atoms with Crippen LogP contribution in [0.4, 0.5) is 0 Å². The summed E-state index contributed by atoms with van der Waals surface area (Å²) in [5.74, 6) is 1.70. The molecular weight excluding hydrogens is 318 g/mol. The van der Waals surface area contributed by atoms with Crippen molar-refractivity contribution in [3.05, 3.63) is 53.6 Å². The van der Waals surface area contributed by atoms with E-state index < -0.39 is 0 Å². The van der Waals surface area contributed by atoms with Gasteiger partial charge in [-0.25, -0.2) is 0 Å². The molecule has 2 aromatic carbocycles. The molecule has 2 N–H and O–H groups in total. The summed E-state index contributed by atoms with van der Waals surface area (Å²) in [4.78, 5) is 11.5. The lowest BCUT2D eigenvalue weighted by Crippen LogP contribution is -2.30. The highest BCUT2D eigenvalue weighted by atomic mass is 35.5. The number of carbonyl (C=O) groups is 1. The summed E-state index contributed by atoms with van der Waals surface area (Å²) in [6.45, 7) is 0.422. The molecule has 0 bridgehead atoms. The van der Waals surface area contributed by atoms with Crippen molar-refractivity contribution in [2.75, 3.05) is 19.8 Å². The predicted octanol–water partition coefficient (Wildman–Crippen LogP) is 3.01. The first-order chi connectivity index (χ1) is 11.2. The summed E-state index contributed by atoms with van der Waals surface area (Å²) >= 11 is 5.82. The normalized spacial score (nSPS) is 10.2. The first kappa shape index (κ1) is 17.1. The van der Waals surface area contributed by atoms with Gasteiger partial charge >= 0.3 is 0 Å². The van der Waals surface area contributed by atoms with Gasteiger partial charge in [0.2, 0.25) is 0 Å². The van der Waals surface area contributed by atoms with Crippen molar-refractivity contribution < 1.29 is 19.4 Å². The van der Waals surface area contributed by atoms with E-state index in [1.165, 1.54) is 0 Å². The van der Waals surface area contributed by atoms with Crippen LogP contribution in [0.1, 0.15) is 6.42 Å². The highest BCUT2D eigenvalue weighted by Crippen LogP contribution is 2.24. The molecule has 2 rings (SSSR count). The minimum absolute atomic E-state index is 0.0518. The molecule has 0 spiro atoms. The molecule has 1 amide bonds. The molecule has 0 radical (unpaired) electrons. The Kier molecular flexibility index (Phi) is 6.72. The van der Waals surface area contributed by atoms with Crippen LogP contribution in [-0.2, 0) is 4.79 Å². The van der Waals surface area contributed by atoms with Crippen molar-refractivity contribution in [1.82, 2.24) is 5.32 Å². The number of hydrogen-bond donors (Lipinski definition) is 2. The highest BCUT2D eigenvalue weighted by molar-refractivity contribution is 6.30. The summed E-state index contributed by atoms with van der Waals surface area (Å²) in [5.41, 5.74) is 0. The van der Waals surface area contributed by atoms with Crippen molar-refractivity contribution in [3.8, 4) is 17.2 Å². The summed E-state index contributed by atoms with van der Waals surface area (Å²) in [5, 5.41) is 11.9. The van der Waals surface area contributed by atoms with Crippen LogP contribution in [0, 0.1) is 0 Å². The van der Waals surface area contributed by atoms with Crippen LogP contribution >= 0.6 is 11.6 Å². The van der Waals surface area contributed by atoms with E-state index in [2.05, 4.69) is 5.32 Å². The number of hydrogen-bond acceptors (Lipinski definition) is 4. The Morgan fingerprint density at radius 2 is 1.57 bits per heavy atom. The van der Waals surface area contributed by atoms with Gasteiger partial charge in [-0.2, -0.15) is 0 Å². The molecule has 0 saturated carbocycles. The fourth-order valence-corrected chi connectivity index (χ4v) is 1.88. The first-order valence-corrected chi connectivity index (χ1v) is 7.59. The topological polar surface area (TPSA) is 67.8 Å². The molecule has 0 heterocycles. The standard InChI is InChI=1S/C17H18ClNO4/c18-13-2-4-15(5-3-13)23-16-8-6-14(7-9-16)22-12-17(21)19-10-1-11-20/h2-9,20H,1,10-12H2,(H,19,21). The lowest BCUT2D eigenvalue weighted by atomic mass is 10.3. The van der Waals surface area contributed by atoms with Gasteiger partial charge in [0.15, 0.2) is 6.61 Å². The van der Waals surface area contributed by atoms with Gasteiger partial charge in [0.1, 0.15) is 17.2 Å². The highest BCUT2D eigenvalue weighted by Gasteiger charge is 2.03. The third kappa shape index (κ3) is 6.18. The van der Waals surface area contributed by atoms with E-state index in [1.807, 2.05) is 0 Å². The largest absolute Gasteiger partial charge is 0.484 e. The molecule has 0 aliphatic rings. The van der Waals surface area contributed by atoms with E-state index in [0.717, 1.165) is 0 Å². The van der Waals surface area contributed by atoms with Gasteiger partial charge in [-0.05, 0) is 55.0 Å². The van der Waals surface area contributed by atoms with E-state index in [4.69, 9.17) is 26.2 Å². The molecule has 0 atom stereocenters. The fourth-order valence-electron chi connectivity index (χ4n) is 1.75. The number of halogens is 1. The van der Waals surface area contributed by atoms with Crippen molar-refractivity contribution in [2.45, 2.75) is 6.42 Å². The average molecular weight is 336 g/mol. The zero-order valence-electron chi connectivity index (χ0n) is 12.5. The molecule has 0 aliphatic heterocycles. The van der Waals surface area contributed by atoms with Crippen LogP contribution in [0.25, 0.3) is 0 Å². The van der Waals surface area contributed by atoms with Crippen molar-refractivity contribution in [3.63, 3.8) is 0 Å². The van der Waals surface area contributed by atoms with E-state index in [1.54, 1.807) is 48.5 Å². The van der Waals surface area contributed by atoms with Gasteiger partial charge in [0.05, 0.1) is 0 Å². The molecule has 122 valence electrons. The Balaban J connectivity index is 1.80. The molecule has 2 aromatic rings. The zero-order valence-corrected chi connectivity index (χ0v) is 13.3. The Morgan fingerprint density at radius 1 is 1.00 bits per heavy atom. The third-order valence-corrected chi connectivity index (χ3v) is 3.15. The number of rotatable bonds is 8. The van der Waals surface area contributed by atoms with Crippen molar-refractivity contribution >= 4 is 17.5 Å². The SMILES string of the molecule is O=C(COc1ccc(Oc2ccc(Cl)cc2)cc1)NCCCO. The van der Waals surface area contributed by atoms with Gasteiger partial charge in [-0.1, -0.05) is 11.6 Å². The molecule has 23 heavy (non-hydrogen) atoms. The Labute approximate surface area is 139 Å². The fraction of sp³-hybridized carbons (Fsp3) is 0.235. The van der Waals surface area contributed by atoms with Crippen LogP contribution in [-0.4, -0.2) is 30.8 Å². The van der Waals surface area contributed by atoms with Gasteiger partial charge in [-0.3, -0.25) is 4.79 Å². The maximum absolute atomic E-state index is 11.5. The number of carbonyl (C=O) groups excluding carboxylic acids is 1. The van der Waals surface area contributed by atoms with Gasteiger partial charge in [-0.15, -0.1) is 0 Å². The Bertz CT molecular complexity index is 613. The van der Waals surface area contributed by atoms with Crippen LogP contribution < -0.4 is 14.8 Å². The number of benzene rings is 2. The Hall–Kier alpha value is -2.24. The minimum Gasteiger partial charge on any atom is -0.484 e. The lowest BCUT2D eigenvalue weighted by Gasteiger charge is -2.09. The summed E-state index contributed by atoms with van der Waals surface area (Å²) in [7, 11) is 0. The first-order valence-electron chi connectivity index (χ1n) is 7.21. The van der Waals surface area contributed by atoms with E-state index in [9.17, 15) is 4.79 Å². The number of aliphatic hydroxyl groups is 1. The summed E-state index contributed by atoms with van der Waals surface area (Å²) in [6, 6.07) is 14.0. The maximum atomic E-state index is 11.5. The Morgan fingerprint density at radius 3 is 2.17 bits per heavy atom. The maximum Gasteiger partial charge on any atom is 0.257 e. The molecule has 0 aromatic heterocycles. The van der Waals surface area contributed by atoms with Crippen LogP contribution in [0.5, 0.6) is 17.2 Å². The monoisotopic (exact) mass is 335 g/mol. The van der Waals surface area contributed by atoms with Gasteiger partial charge in [0, 0.05) is 18.2 Å². The number of ether oxygens (including phenoxy) is 2. The zero-order chi connectivity index (χ0) is 16.5. The average Bonchev–Trinajstić information content (AvgIpc) is 2.57. The van der Waals surface area contributed by atoms with Crippen LogP contribution in [0.2, 0.25) is 5.02 Å². The van der Waals surface area contributed by atoms with E-state index in [-0.39, 0.29) is 19.1 Å². The second-order valence-corrected chi connectivity index (χ2v) is 5.18. The van der Waals surface area contributed by atoms with Crippen LogP contribution in [0.3, 0.4) is 0 Å². The van der Waals surface area contributed by atoms with E-state index in [0.29, 0.717) is 35.2 Å². The minimum atomic E-state index is -0.222. The van der Waals surface area contributed by atoms with Crippen molar-refractivity contribution in [1.29, 1.82) is 0 Å². The van der Waals surface area contributed by atoms with Crippen LogP contribution in [0.15, 0.2) is 48.5 Å². The third-order valence-electron chi connectivity index (χ3n) is 2.90. The molecule has 0 fully saturated rings. The van der Waals surface area contributed by atoms with Gasteiger partial charge in [0.25, 0.3) is 5.91 Å². The molecular formula is C17H18ClNO4. The molecule has 0 saturated heterocycles. The predicted molar refractivity (Wildman–Crippen MR) is 88.2 cm³/mol. The second-order valence-electron chi connectivity index (χ2n) is 4.74. The smallest absolute Gasteiger partial charge is 0.257 e. The van der Waals surface area contributed by atoms with Gasteiger partial charge < -0.3 is 19.9 Å². The quantitative estimate of drug-likeness (QED) is 0.728. The summed E-state index contributed by atoms with van der Waals surface area (Å²) < 4.78 is 11.0. The second kappa shape index (κ2) is 9.02. The molecule has 6 heteroatoms. The van der Waals surface area contributed by atoms with E-state index >= 15 is 0 Å². The number of nitrogens with one attached hydrogen (secondary N) is 1. The molecule has 0 unspecified atom stereocenters. The number of aliphatic hydroxyl groups excluding tert-OH is 1. The molecule has 5 nitrogen and oxygen atoms in total. The van der Waals surface area contributed by atoms with Crippen molar-refractivity contribution in [2.24, 2.45) is 0 Å². The molecule has 0 aliphatic carbocycles.